The van der Waals surface area contributed by atoms with Crippen molar-refractivity contribution in [3.8, 4) is 0 Å². The molecule has 6 nitrogen and oxygen atoms in total. The minimum atomic E-state index is 0. The maximum Gasteiger partial charge on any atom is 0.191 e. The van der Waals surface area contributed by atoms with E-state index in [0.29, 0.717) is 11.8 Å². The highest BCUT2D eigenvalue weighted by atomic mass is 35.5. The summed E-state index contributed by atoms with van der Waals surface area (Å²) in [7, 11) is 0. The van der Waals surface area contributed by atoms with Crippen LogP contribution in [-0.4, -0.2) is 44.4 Å². The number of H-pyrrole nitrogens is 1. The summed E-state index contributed by atoms with van der Waals surface area (Å²) in [6.45, 7) is 4.04. The number of nitrogens with zero attached hydrogens (tertiary/aromatic N) is 3. The van der Waals surface area contributed by atoms with Gasteiger partial charge in [-0.2, -0.15) is 0 Å². The van der Waals surface area contributed by atoms with Crippen molar-refractivity contribution in [3.05, 3.63) is 41.9 Å². The number of thioether (sulfide) groups is 1. The smallest absolute Gasteiger partial charge is 0.191 e. The summed E-state index contributed by atoms with van der Waals surface area (Å²) in [4.78, 5) is 15.9. The Bertz CT molecular complexity index is 900. The Kier molecular flexibility index (Phi) is 6.01. The highest BCUT2D eigenvalue weighted by molar-refractivity contribution is 7.99. The Morgan fingerprint density at radius 1 is 1.42 bits per heavy atom. The molecule has 1 aliphatic rings. The lowest BCUT2D eigenvalue weighted by Crippen LogP contribution is -2.31. The van der Waals surface area contributed by atoms with E-state index in [0.717, 1.165) is 53.1 Å². The molecule has 1 unspecified atom stereocenters. The van der Waals surface area contributed by atoms with Crippen LogP contribution in [0.1, 0.15) is 34.8 Å². The van der Waals surface area contributed by atoms with E-state index in [1.807, 2.05) is 31.3 Å². The first-order valence-electron chi connectivity index (χ1n) is 8.57. The molecule has 1 aromatic carbocycles. The maximum absolute atomic E-state index is 12.7. The maximum atomic E-state index is 12.7. The summed E-state index contributed by atoms with van der Waals surface area (Å²) in [6, 6.07) is 6.40. The molecule has 2 N–H and O–H groups in total. The average Bonchev–Trinajstić information content (AvgIpc) is 3.28. The van der Waals surface area contributed by atoms with Gasteiger partial charge in [0, 0.05) is 35.2 Å². The lowest BCUT2D eigenvalue weighted by atomic mass is 10.1. The molecule has 3 heterocycles. The predicted octanol–water partition coefficient (Wildman–Crippen LogP) is 3.39. The highest BCUT2D eigenvalue weighted by Crippen LogP contribution is 2.27. The molecule has 138 valence electrons. The number of aromatic amines is 1. The fourth-order valence-corrected chi connectivity index (χ4v) is 4.32. The van der Waals surface area contributed by atoms with Gasteiger partial charge in [-0.1, -0.05) is 23.9 Å². The molecule has 2 aromatic heterocycles. The number of carbonyl (C=O) groups is 1. The van der Waals surface area contributed by atoms with E-state index in [2.05, 4.69) is 25.1 Å². The molecule has 0 bridgehead atoms. The molecule has 3 aromatic rings. The van der Waals surface area contributed by atoms with Crippen LogP contribution in [0.2, 0.25) is 0 Å². The Morgan fingerprint density at radius 3 is 3.12 bits per heavy atom. The molecule has 0 saturated carbocycles. The molecule has 0 radical (unpaired) electrons. The number of hydrogen-bond donors (Lipinski definition) is 2. The van der Waals surface area contributed by atoms with Crippen LogP contribution >= 0.6 is 24.2 Å². The zero-order chi connectivity index (χ0) is 17.2. The second kappa shape index (κ2) is 8.24. The molecule has 1 fully saturated rings. The number of piperidine rings is 1. The van der Waals surface area contributed by atoms with Crippen molar-refractivity contribution in [1.82, 2.24) is 25.1 Å². The molecule has 26 heavy (non-hydrogen) atoms. The van der Waals surface area contributed by atoms with E-state index >= 15 is 0 Å². The minimum Gasteiger partial charge on any atom is -0.360 e. The van der Waals surface area contributed by atoms with Crippen molar-refractivity contribution < 1.29 is 4.79 Å². The molecule has 0 spiro atoms. The summed E-state index contributed by atoms with van der Waals surface area (Å²) >= 11 is 1.47. The summed E-state index contributed by atoms with van der Waals surface area (Å²) in [5.74, 6) is 0.474. The van der Waals surface area contributed by atoms with Gasteiger partial charge in [0.15, 0.2) is 10.9 Å². The molecule has 4 rings (SSSR count). The quantitative estimate of drug-likeness (QED) is 0.515. The molecule has 0 amide bonds. The molecule has 1 atom stereocenters. The number of carbonyl (C=O) groups excluding carboxylic acids is 1. The van der Waals surface area contributed by atoms with E-state index in [9.17, 15) is 4.79 Å². The van der Waals surface area contributed by atoms with Crippen molar-refractivity contribution >= 4 is 40.9 Å². The number of aromatic nitrogens is 4. The third kappa shape index (κ3) is 3.65. The number of benzene rings is 1. The fraction of sp³-hybridized carbons (Fsp3) is 0.389. The normalized spacial score (nSPS) is 17.2. The summed E-state index contributed by atoms with van der Waals surface area (Å²) in [5, 5.41) is 13.5. The third-order valence-electron chi connectivity index (χ3n) is 4.75. The van der Waals surface area contributed by atoms with Crippen molar-refractivity contribution in [2.45, 2.75) is 31.0 Å². The highest BCUT2D eigenvalue weighted by Gasteiger charge is 2.20. The molecule has 1 aliphatic heterocycles. The Morgan fingerprint density at radius 2 is 2.31 bits per heavy atom. The lowest BCUT2D eigenvalue weighted by molar-refractivity contribution is 0.102. The van der Waals surface area contributed by atoms with Gasteiger partial charge in [0.25, 0.3) is 0 Å². The average molecular weight is 392 g/mol. The number of rotatable bonds is 5. The van der Waals surface area contributed by atoms with E-state index in [1.165, 1.54) is 11.8 Å². The van der Waals surface area contributed by atoms with Crippen LogP contribution in [0.5, 0.6) is 0 Å². The Labute approximate surface area is 162 Å². The van der Waals surface area contributed by atoms with Crippen molar-refractivity contribution in [3.63, 3.8) is 0 Å². The number of halogens is 1. The summed E-state index contributed by atoms with van der Waals surface area (Å²) in [6.07, 6.45) is 5.87. The predicted molar refractivity (Wildman–Crippen MR) is 107 cm³/mol. The van der Waals surface area contributed by atoms with Gasteiger partial charge < -0.3 is 14.9 Å². The number of nitrogens with one attached hydrogen (secondary N) is 2. The van der Waals surface area contributed by atoms with Gasteiger partial charge in [-0.3, -0.25) is 4.79 Å². The van der Waals surface area contributed by atoms with Gasteiger partial charge in [-0.15, -0.1) is 22.6 Å². The van der Waals surface area contributed by atoms with Crippen LogP contribution in [0, 0.1) is 6.92 Å². The van der Waals surface area contributed by atoms with E-state index < -0.39 is 0 Å². The first-order valence-corrected chi connectivity index (χ1v) is 9.55. The monoisotopic (exact) mass is 391 g/mol. The van der Waals surface area contributed by atoms with E-state index in [4.69, 9.17) is 0 Å². The number of aryl methyl sites for hydroxylation is 1. The van der Waals surface area contributed by atoms with E-state index in [1.54, 1.807) is 6.33 Å². The van der Waals surface area contributed by atoms with Crippen molar-refractivity contribution in [2.75, 3.05) is 18.8 Å². The van der Waals surface area contributed by atoms with Crippen molar-refractivity contribution in [2.24, 2.45) is 0 Å². The second-order valence-electron chi connectivity index (χ2n) is 6.43. The molecule has 0 aliphatic carbocycles. The molecular weight excluding hydrogens is 370 g/mol. The van der Waals surface area contributed by atoms with Crippen molar-refractivity contribution in [1.29, 1.82) is 0 Å². The van der Waals surface area contributed by atoms with Gasteiger partial charge in [0.2, 0.25) is 0 Å². The van der Waals surface area contributed by atoms with Gasteiger partial charge >= 0.3 is 0 Å². The topological polar surface area (TPSA) is 75.6 Å². The first kappa shape index (κ1) is 18.9. The number of Topliss-reactive ketones (excluding diaryl/α,β-unsaturated/α-hetero) is 1. The van der Waals surface area contributed by atoms with Gasteiger partial charge in [0.05, 0.1) is 5.75 Å². The zero-order valence-corrected chi connectivity index (χ0v) is 16.2. The number of fused-ring (bicyclic) bond motifs is 1. The van der Waals surface area contributed by atoms with Crippen LogP contribution < -0.4 is 5.32 Å². The SMILES string of the molecule is Cc1cccc2[nH]cc(C(=O)CSc3nncn3C3CCCNC3)c12.Cl. The molecule has 8 heteroatoms. The standard InChI is InChI=1S/C18H21N5OS.ClH/c1-12-4-2-6-15-17(12)14(9-20-15)16(24)10-25-18-22-21-11-23(18)13-5-3-7-19-8-13;/h2,4,6,9,11,13,19-20H,3,5,7-8,10H2,1H3;1H. The third-order valence-corrected chi connectivity index (χ3v) is 5.71. The van der Waals surface area contributed by atoms with Crippen LogP contribution in [0.4, 0.5) is 0 Å². The van der Waals surface area contributed by atoms with Crippen LogP contribution in [-0.2, 0) is 0 Å². The van der Waals surface area contributed by atoms with Crippen LogP contribution in [0.15, 0.2) is 35.9 Å². The first-order chi connectivity index (χ1) is 12.2. The largest absolute Gasteiger partial charge is 0.360 e. The fourth-order valence-electron chi connectivity index (χ4n) is 3.45. The Balaban J connectivity index is 0.00000196. The second-order valence-corrected chi connectivity index (χ2v) is 7.38. The van der Waals surface area contributed by atoms with Crippen LogP contribution in [0.3, 0.4) is 0 Å². The van der Waals surface area contributed by atoms with Crippen LogP contribution in [0.25, 0.3) is 10.9 Å². The Hall–Kier alpha value is -1.83. The minimum absolute atomic E-state index is 0. The lowest BCUT2D eigenvalue weighted by Gasteiger charge is -2.24. The van der Waals surface area contributed by atoms with Gasteiger partial charge in [0.1, 0.15) is 6.33 Å². The summed E-state index contributed by atoms with van der Waals surface area (Å²) < 4.78 is 2.10. The van der Waals surface area contributed by atoms with Gasteiger partial charge in [-0.05, 0) is 37.9 Å². The molecule has 1 saturated heterocycles. The number of hydrogen-bond acceptors (Lipinski definition) is 5. The zero-order valence-electron chi connectivity index (χ0n) is 14.6. The van der Waals surface area contributed by atoms with E-state index in [-0.39, 0.29) is 18.2 Å². The number of ketones is 1. The summed E-state index contributed by atoms with van der Waals surface area (Å²) in [5.41, 5.74) is 2.87. The molecular formula is C18H22ClN5OS. The van der Waals surface area contributed by atoms with Gasteiger partial charge in [-0.25, -0.2) is 0 Å².